The van der Waals surface area contributed by atoms with E-state index >= 15 is 0 Å². The van der Waals surface area contributed by atoms with Crippen LogP contribution in [0.25, 0.3) is 0 Å². The molecule has 166 valence electrons. The zero-order valence-corrected chi connectivity index (χ0v) is 18.4. The number of rotatable bonds is 5. The van der Waals surface area contributed by atoms with Crippen LogP contribution in [0.15, 0.2) is 47.1 Å². The van der Waals surface area contributed by atoms with Gasteiger partial charge in [0.05, 0.1) is 24.6 Å². The quantitative estimate of drug-likeness (QED) is 0.656. The molecule has 0 radical (unpaired) electrons. The summed E-state index contributed by atoms with van der Waals surface area (Å²) in [6, 6.07) is 11.9. The monoisotopic (exact) mass is 433 g/mol. The van der Waals surface area contributed by atoms with Gasteiger partial charge in [0.1, 0.15) is 17.3 Å². The minimum Gasteiger partial charge on any atom is -0.497 e. The molecule has 32 heavy (non-hydrogen) atoms. The second-order valence-corrected chi connectivity index (χ2v) is 8.16. The van der Waals surface area contributed by atoms with Crippen molar-refractivity contribution < 1.29 is 13.9 Å². The number of piperazine rings is 1. The molecule has 0 spiro atoms. The number of fused-ring (bicyclic) bond motifs is 1. The summed E-state index contributed by atoms with van der Waals surface area (Å²) in [6.07, 6.45) is 2.74. The topological polar surface area (TPSA) is 83.7 Å². The molecule has 1 fully saturated rings. The number of benzene rings is 1. The summed E-state index contributed by atoms with van der Waals surface area (Å²) in [7, 11) is 3.48. The number of methoxy groups -OCH3 is 1. The number of carbonyl (C=O) groups excluding carboxylic acids is 1. The van der Waals surface area contributed by atoms with Gasteiger partial charge in [0.15, 0.2) is 5.78 Å². The Bertz CT molecular complexity index is 1090. The second-order valence-electron chi connectivity index (χ2n) is 8.16. The molecule has 0 unspecified atom stereocenters. The van der Waals surface area contributed by atoms with E-state index in [4.69, 9.17) is 19.1 Å². The molecule has 1 N–H and O–H groups in total. The van der Waals surface area contributed by atoms with Crippen LogP contribution in [0.1, 0.15) is 34.2 Å². The van der Waals surface area contributed by atoms with Crippen molar-refractivity contribution >= 4 is 23.2 Å². The van der Waals surface area contributed by atoms with Crippen LogP contribution in [-0.4, -0.2) is 56.1 Å². The number of nitrogens with one attached hydrogen (secondary N) is 1. The van der Waals surface area contributed by atoms with Gasteiger partial charge in [-0.2, -0.15) is 4.98 Å². The van der Waals surface area contributed by atoms with Gasteiger partial charge in [0.25, 0.3) is 0 Å². The number of furan rings is 1. The van der Waals surface area contributed by atoms with Crippen molar-refractivity contribution in [2.24, 2.45) is 0 Å². The molecule has 2 aliphatic rings. The van der Waals surface area contributed by atoms with E-state index in [2.05, 4.69) is 27.2 Å². The van der Waals surface area contributed by atoms with Crippen LogP contribution >= 0.6 is 0 Å². The van der Waals surface area contributed by atoms with E-state index in [-0.39, 0.29) is 11.7 Å². The lowest BCUT2D eigenvalue weighted by atomic mass is 9.84. The van der Waals surface area contributed by atoms with E-state index in [0.717, 1.165) is 43.4 Å². The molecular formula is C24H27N5O3. The van der Waals surface area contributed by atoms with Gasteiger partial charge in [0, 0.05) is 57.7 Å². The van der Waals surface area contributed by atoms with Crippen molar-refractivity contribution in [2.75, 3.05) is 55.5 Å². The van der Waals surface area contributed by atoms with Gasteiger partial charge in [-0.15, -0.1) is 0 Å². The average molecular weight is 434 g/mol. The van der Waals surface area contributed by atoms with Crippen molar-refractivity contribution in [1.29, 1.82) is 0 Å². The van der Waals surface area contributed by atoms with Crippen LogP contribution in [0.5, 0.6) is 5.75 Å². The van der Waals surface area contributed by atoms with E-state index in [9.17, 15) is 4.79 Å². The molecule has 3 heterocycles. The zero-order chi connectivity index (χ0) is 22.1. The molecule has 1 aromatic carbocycles. The largest absolute Gasteiger partial charge is 0.497 e. The maximum absolute atomic E-state index is 12.9. The first-order valence-corrected chi connectivity index (χ1v) is 11.0. The molecule has 1 aliphatic heterocycles. The third kappa shape index (κ3) is 3.77. The molecule has 0 saturated carbocycles. The lowest BCUT2D eigenvalue weighted by Gasteiger charge is -2.36. The summed E-state index contributed by atoms with van der Waals surface area (Å²) in [5.74, 6) is 3.07. The van der Waals surface area contributed by atoms with Crippen molar-refractivity contribution in [3.05, 3.63) is 59.7 Å². The summed E-state index contributed by atoms with van der Waals surface area (Å²) < 4.78 is 10.8. The molecule has 1 saturated heterocycles. The lowest BCUT2D eigenvalue weighted by molar-refractivity contribution is 0.0959. The number of anilines is 3. The molecule has 3 aromatic rings. The fraction of sp³-hybridized carbons (Fsp3) is 0.375. The summed E-state index contributed by atoms with van der Waals surface area (Å²) in [5.41, 5.74) is 2.60. The van der Waals surface area contributed by atoms with Crippen molar-refractivity contribution in [3.8, 4) is 5.75 Å². The fourth-order valence-electron chi connectivity index (χ4n) is 4.57. The van der Waals surface area contributed by atoms with Crippen LogP contribution in [0.2, 0.25) is 0 Å². The molecular weight excluding hydrogens is 406 g/mol. The SMILES string of the molecule is CNc1nc(N2CCN(c3ccc(OC)cc3)CC2)nc2c1C(=O)C[C@H](c1ccco1)C2. The molecule has 8 nitrogen and oxygen atoms in total. The molecule has 5 rings (SSSR count). The first-order chi connectivity index (χ1) is 15.7. The Labute approximate surface area is 187 Å². The highest BCUT2D eigenvalue weighted by molar-refractivity contribution is 6.03. The first kappa shape index (κ1) is 20.4. The predicted molar refractivity (Wildman–Crippen MR) is 123 cm³/mol. The molecule has 1 atom stereocenters. The summed E-state index contributed by atoms with van der Waals surface area (Å²) in [5, 5.41) is 3.12. The van der Waals surface area contributed by atoms with Gasteiger partial charge in [-0.25, -0.2) is 4.98 Å². The van der Waals surface area contributed by atoms with E-state index in [1.54, 1.807) is 20.4 Å². The highest BCUT2D eigenvalue weighted by Gasteiger charge is 2.33. The maximum Gasteiger partial charge on any atom is 0.227 e. The number of nitrogens with zero attached hydrogens (tertiary/aromatic N) is 4. The summed E-state index contributed by atoms with van der Waals surface area (Å²) >= 11 is 0. The fourth-order valence-corrected chi connectivity index (χ4v) is 4.57. The molecule has 0 amide bonds. The number of ketones is 1. The van der Waals surface area contributed by atoms with E-state index < -0.39 is 0 Å². The Hall–Kier alpha value is -3.55. The third-order valence-electron chi connectivity index (χ3n) is 6.30. The second kappa shape index (κ2) is 8.53. The third-order valence-corrected chi connectivity index (χ3v) is 6.30. The standard InChI is InChI=1S/C24H27N5O3/c1-25-23-22-19(14-16(15-20(22)30)21-4-3-13-32-21)26-24(27-23)29-11-9-28(10-12-29)17-5-7-18(31-2)8-6-17/h3-8,13,16H,9-12,14-15H2,1-2H3,(H,25,26,27)/t16-/m1/s1. The minimum atomic E-state index is 0.0179. The van der Waals surface area contributed by atoms with Crippen molar-refractivity contribution in [1.82, 2.24) is 9.97 Å². The van der Waals surface area contributed by atoms with Crippen LogP contribution in [0, 0.1) is 0 Å². The Balaban J connectivity index is 1.35. The molecule has 2 aromatic heterocycles. The normalized spacial score (nSPS) is 18.4. The van der Waals surface area contributed by atoms with Gasteiger partial charge in [0.2, 0.25) is 5.95 Å². The highest BCUT2D eigenvalue weighted by Crippen LogP contribution is 2.35. The number of carbonyl (C=O) groups is 1. The zero-order valence-electron chi connectivity index (χ0n) is 18.4. The van der Waals surface area contributed by atoms with Gasteiger partial charge < -0.3 is 24.3 Å². The Morgan fingerprint density at radius 3 is 2.44 bits per heavy atom. The predicted octanol–water partition coefficient (Wildman–Crippen LogP) is 3.36. The number of aromatic nitrogens is 2. The Morgan fingerprint density at radius 2 is 1.78 bits per heavy atom. The average Bonchev–Trinajstić information content (AvgIpc) is 3.38. The Morgan fingerprint density at radius 1 is 1.03 bits per heavy atom. The van der Waals surface area contributed by atoms with E-state index in [1.807, 2.05) is 24.3 Å². The van der Waals surface area contributed by atoms with Crippen LogP contribution in [-0.2, 0) is 6.42 Å². The van der Waals surface area contributed by atoms with Gasteiger partial charge in [-0.05, 0) is 36.4 Å². The minimum absolute atomic E-state index is 0.0179. The van der Waals surface area contributed by atoms with Gasteiger partial charge in [-0.1, -0.05) is 0 Å². The van der Waals surface area contributed by atoms with Crippen LogP contribution in [0.4, 0.5) is 17.5 Å². The Kier molecular flexibility index (Phi) is 5.43. The number of Topliss-reactive ketones (excluding diaryl/α,β-unsaturated/α-hetero) is 1. The van der Waals surface area contributed by atoms with Crippen molar-refractivity contribution in [3.63, 3.8) is 0 Å². The molecule has 8 heteroatoms. The van der Waals surface area contributed by atoms with Crippen molar-refractivity contribution in [2.45, 2.75) is 18.8 Å². The number of ether oxygens (including phenoxy) is 1. The van der Waals surface area contributed by atoms with E-state index in [0.29, 0.717) is 30.2 Å². The number of hydrogen-bond donors (Lipinski definition) is 1. The maximum atomic E-state index is 12.9. The summed E-state index contributed by atoms with van der Waals surface area (Å²) in [6.45, 7) is 3.36. The first-order valence-electron chi connectivity index (χ1n) is 11.0. The summed E-state index contributed by atoms with van der Waals surface area (Å²) in [4.78, 5) is 27.0. The van der Waals surface area contributed by atoms with Crippen LogP contribution in [0.3, 0.4) is 0 Å². The molecule has 1 aliphatic carbocycles. The highest BCUT2D eigenvalue weighted by atomic mass is 16.5. The van der Waals surface area contributed by atoms with Gasteiger partial charge in [-0.3, -0.25) is 4.79 Å². The molecule has 0 bridgehead atoms. The van der Waals surface area contributed by atoms with E-state index in [1.165, 1.54) is 5.69 Å². The smallest absolute Gasteiger partial charge is 0.227 e. The van der Waals surface area contributed by atoms with Gasteiger partial charge >= 0.3 is 0 Å². The lowest BCUT2D eigenvalue weighted by Crippen LogP contribution is -2.47. The van der Waals surface area contributed by atoms with Crippen LogP contribution < -0.4 is 19.9 Å². The number of hydrogen-bond acceptors (Lipinski definition) is 8.